The summed E-state index contributed by atoms with van der Waals surface area (Å²) in [7, 11) is 1.96. The van der Waals surface area contributed by atoms with E-state index >= 15 is 0 Å². The summed E-state index contributed by atoms with van der Waals surface area (Å²) < 4.78 is 6.94. The highest BCUT2D eigenvalue weighted by molar-refractivity contribution is 5.47. The molecule has 1 aliphatic heterocycles. The predicted molar refractivity (Wildman–Crippen MR) is 89.8 cm³/mol. The second-order valence-electron chi connectivity index (χ2n) is 5.92. The van der Waals surface area contributed by atoms with E-state index in [1.165, 1.54) is 23.6 Å². The van der Waals surface area contributed by atoms with Crippen molar-refractivity contribution in [3.8, 4) is 0 Å². The average Bonchev–Trinajstić information content (AvgIpc) is 3.05. The molecule has 1 saturated heterocycles. The highest BCUT2D eigenvalue weighted by Crippen LogP contribution is 2.17. The molecule has 128 valence electrons. The van der Waals surface area contributed by atoms with Gasteiger partial charge in [-0.15, -0.1) is 0 Å². The maximum absolute atomic E-state index is 10.7. The molecule has 0 saturated carbocycles. The third kappa shape index (κ3) is 4.09. The lowest BCUT2D eigenvalue weighted by molar-refractivity contribution is -0.385. The van der Waals surface area contributed by atoms with Gasteiger partial charge in [0.2, 0.25) is 0 Å². The molecule has 0 atom stereocenters. The molecule has 0 unspecified atom stereocenters. The number of anilines is 1. The monoisotopic (exact) mass is 331 g/mol. The number of nitrogens with zero attached hydrogens (tertiary/aromatic N) is 5. The number of benzene rings is 1. The third-order valence-electron chi connectivity index (χ3n) is 3.98. The number of aromatic nitrogens is 2. The Kier molecular flexibility index (Phi) is 5.07. The minimum absolute atomic E-state index is 0.0123. The van der Waals surface area contributed by atoms with Crippen molar-refractivity contribution in [1.82, 2.24) is 14.7 Å². The summed E-state index contributed by atoms with van der Waals surface area (Å²) in [6, 6.07) is 8.50. The van der Waals surface area contributed by atoms with E-state index in [9.17, 15) is 10.1 Å². The van der Waals surface area contributed by atoms with E-state index in [2.05, 4.69) is 39.2 Å². The maximum atomic E-state index is 10.7. The van der Waals surface area contributed by atoms with Gasteiger partial charge in [0.25, 0.3) is 0 Å². The van der Waals surface area contributed by atoms with E-state index in [4.69, 9.17) is 4.74 Å². The van der Waals surface area contributed by atoms with Gasteiger partial charge >= 0.3 is 5.69 Å². The molecule has 3 rings (SSSR count). The molecule has 0 aliphatic carbocycles. The summed E-state index contributed by atoms with van der Waals surface area (Å²) in [5, 5.41) is 14.7. The summed E-state index contributed by atoms with van der Waals surface area (Å²) in [4.78, 5) is 14.6. The zero-order chi connectivity index (χ0) is 16.9. The molecule has 0 radical (unpaired) electrons. The molecule has 8 heteroatoms. The Labute approximate surface area is 140 Å². The van der Waals surface area contributed by atoms with Crippen LogP contribution in [0.15, 0.2) is 36.7 Å². The molecule has 1 aliphatic rings. The molecule has 2 aromatic rings. The summed E-state index contributed by atoms with van der Waals surface area (Å²) in [5.41, 5.74) is 2.42. The second kappa shape index (κ2) is 7.41. The Morgan fingerprint density at radius 1 is 1.29 bits per heavy atom. The normalized spacial score (nSPS) is 15.0. The molecular formula is C16H21N5O3. The topological polar surface area (TPSA) is 76.7 Å². The van der Waals surface area contributed by atoms with Crippen LogP contribution in [0.4, 0.5) is 11.4 Å². The van der Waals surface area contributed by atoms with Gasteiger partial charge < -0.3 is 9.64 Å². The molecule has 0 spiro atoms. The Morgan fingerprint density at radius 3 is 2.62 bits per heavy atom. The van der Waals surface area contributed by atoms with Gasteiger partial charge in [0.15, 0.2) is 0 Å². The smallest absolute Gasteiger partial charge is 0.307 e. The first kappa shape index (κ1) is 16.4. The zero-order valence-electron chi connectivity index (χ0n) is 13.7. The van der Waals surface area contributed by atoms with Crippen LogP contribution in [0.5, 0.6) is 0 Å². The van der Waals surface area contributed by atoms with Gasteiger partial charge in [-0.2, -0.15) is 5.10 Å². The van der Waals surface area contributed by atoms with Crippen molar-refractivity contribution in [2.24, 2.45) is 0 Å². The van der Waals surface area contributed by atoms with E-state index in [1.54, 1.807) is 4.68 Å². The van der Waals surface area contributed by atoms with Gasteiger partial charge in [-0.3, -0.25) is 19.7 Å². The molecule has 0 bridgehead atoms. The fraction of sp³-hybridized carbons (Fsp3) is 0.438. The molecule has 2 heterocycles. The summed E-state index contributed by atoms with van der Waals surface area (Å²) in [6.45, 7) is 4.66. The lowest BCUT2D eigenvalue weighted by atomic mass is 10.2. The van der Waals surface area contributed by atoms with Gasteiger partial charge in [-0.25, -0.2) is 0 Å². The number of hydrogen-bond donors (Lipinski definition) is 0. The van der Waals surface area contributed by atoms with Gasteiger partial charge in [0.05, 0.1) is 24.8 Å². The first-order valence-corrected chi connectivity index (χ1v) is 7.89. The van der Waals surface area contributed by atoms with Gasteiger partial charge in [0, 0.05) is 25.3 Å². The van der Waals surface area contributed by atoms with Crippen molar-refractivity contribution >= 4 is 11.4 Å². The van der Waals surface area contributed by atoms with Crippen LogP contribution in [0.2, 0.25) is 0 Å². The lowest BCUT2D eigenvalue weighted by Crippen LogP contribution is -2.36. The van der Waals surface area contributed by atoms with Crippen LogP contribution in [-0.4, -0.2) is 53.0 Å². The molecular weight excluding hydrogens is 310 g/mol. The van der Waals surface area contributed by atoms with E-state index in [0.29, 0.717) is 6.67 Å². The first-order valence-electron chi connectivity index (χ1n) is 7.89. The highest BCUT2D eigenvalue weighted by atomic mass is 16.6. The fourth-order valence-electron chi connectivity index (χ4n) is 2.77. The van der Waals surface area contributed by atoms with Crippen molar-refractivity contribution in [3.63, 3.8) is 0 Å². The number of ether oxygens (including phenoxy) is 1. The number of hydrogen-bond acceptors (Lipinski definition) is 6. The van der Waals surface area contributed by atoms with Crippen LogP contribution in [0.1, 0.15) is 5.56 Å². The fourth-order valence-corrected chi connectivity index (χ4v) is 2.77. The standard InChI is InChI=1S/C16H21N5O3/c1-18(13-20-12-16(10-17-20)21(22)23)11-14-2-4-15(5-3-14)19-6-8-24-9-7-19/h2-5,10,12H,6-9,11,13H2,1H3. The van der Waals surface area contributed by atoms with E-state index < -0.39 is 4.92 Å². The van der Waals surface area contributed by atoms with Crippen molar-refractivity contribution < 1.29 is 9.66 Å². The number of nitro groups is 1. The van der Waals surface area contributed by atoms with Crippen molar-refractivity contribution in [2.45, 2.75) is 13.2 Å². The van der Waals surface area contributed by atoms with Crippen LogP contribution in [0, 0.1) is 10.1 Å². The van der Waals surface area contributed by atoms with Crippen molar-refractivity contribution in [1.29, 1.82) is 0 Å². The molecule has 0 amide bonds. The number of rotatable bonds is 6. The summed E-state index contributed by atoms with van der Waals surface area (Å²) in [5.74, 6) is 0. The quantitative estimate of drug-likeness (QED) is 0.592. The largest absolute Gasteiger partial charge is 0.378 e. The van der Waals surface area contributed by atoms with Crippen molar-refractivity contribution in [2.75, 3.05) is 38.3 Å². The Bertz CT molecular complexity index is 679. The maximum Gasteiger partial charge on any atom is 0.307 e. The van der Waals surface area contributed by atoms with Gasteiger partial charge in [-0.05, 0) is 24.7 Å². The molecule has 1 fully saturated rings. The van der Waals surface area contributed by atoms with E-state index in [-0.39, 0.29) is 5.69 Å². The van der Waals surface area contributed by atoms with Crippen LogP contribution >= 0.6 is 0 Å². The number of morpholine rings is 1. The molecule has 8 nitrogen and oxygen atoms in total. The molecule has 0 N–H and O–H groups in total. The van der Waals surface area contributed by atoms with E-state index in [0.717, 1.165) is 32.8 Å². The minimum atomic E-state index is -0.437. The van der Waals surface area contributed by atoms with Crippen LogP contribution < -0.4 is 4.90 Å². The minimum Gasteiger partial charge on any atom is -0.378 e. The Morgan fingerprint density at radius 2 is 2.00 bits per heavy atom. The van der Waals surface area contributed by atoms with Crippen LogP contribution in [0.3, 0.4) is 0 Å². The van der Waals surface area contributed by atoms with Crippen LogP contribution in [0.25, 0.3) is 0 Å². The van der Waals surface area contributed by atoms with Crippen LogP contribution in [-0.2, 0) is 18.0 Å². The SMILES string of the molecule is CN(Cc1ccc(N2CCOCC2)cc1)Cn1cc([N+](=O)[O-])cn1. The van der Waals surface area contributed by atoms with Gasteiger partial charge in [-0.1, -0.05) is 12.1 Å². The molecule has 24 heavy (non-hydrogen) atoms. The average molecular weight is 331 g/mol. The Hall–Kier alpha value is -2.45. The summed E-state index contributed by atoms with van der Waals surface area (Å²) in [6.07, 6.45) is 2.71. The Balaban J connectivity index is 1.55. The third-order valence-corrected chi connectivity index (χ3v) is 3.98. The predicted octanol–water partition coefficient (Wildman–Crippen LogP) is 1.72. The van der Waals surface area contributed by atoms with Gasteiger partial charge in [0.1, 0.15) is 12.4 Å². The zero-order valence-corrected chi connectivity index (χ0v) is 13.7. The second-order valence-corrected chi connectivity index (χ2v) is 5.92. The summed E-state index contributed by atoms with van der Waals surface area (Å²) >= 11 is 0. The molecule has 1 aromatic heterocycles. The van der Waals surface area contributed by atoms with E-state index in [1.807, 2.05) is 7.05 Å². The molecule has 1 aromatic carbocycles. The lowest BCUT2D eigenvalue weighted by Gasteiger charge is -2.29. The highest BCUT2D eigenvalue weighted by Gasteiger charge is 2.12. The first-order chi connectivity index (χ1) is 11.6. The van der Waals surface area contributed by atoms with Crippen molar-refractivity contribution in [3.05, 3.63) is 52.3 Å².